The third kappa shape index (κ3) is 5.19. The van der Waals surface area contributed by atoms with E-state index in [9.17, 15) is 4.80 Å². The van der Waals surface area contributed by atoms with Gasteiger partial charge in [-0.2, -0.15) is 0 Å². The van der Waals surface area contributed by atoms with Gasteiger partial charge in [-0.15, -0.1) is 0 Å². The van der Waals surface area contributed by atoms with Crippen LogP contribution in [0.2, 0.25) is 5.54 Å². The molecule has 0 aromatic heterocycles. The number of quaternary nitrogens is 1. The van der Waals surface area contributed by atoms with Gasteiger partial charge in [-0.1, -0.05) is 68.1 Å². The van der Waals surface area contributed by atoms with Crippen molar-refractivity contribution in [1.82, 2.24) is 0 Å². The summed E-state index contributed by atoms with van der Waals surface area (Å²) in [4.78, 5) is 11.8. The molecule has 1 saturated carbocycles. The zero-order valence-electron chi connectivity index (χ0n) is 15.7. The van der Waals surface area contributed by atoms with E-state index in [1.165, 1.54) is 69.6 Å². The molecule has 1 atom stereocenters. The standard InChI is InChI=1S/C21H34NOSi.ClH/c1-22(16-9-4-10-17-22)18-11-19-24(23,20-12-5-2-6-13-20)21-14-7-3-8-15-21;/h2,5-6,11-13,19,21,23H,3-4,7-10,14-18H2,1H3;1H/q+1;/p-1/b19-11+;. The van der Waals surface area contributed by atoms with Crippen LogP contribution in [0.1, 0.15) is 51.4 Å². The van der Waals surface area contributed by atoms with Gasteiger partial charge in [-0.25, -0.2) is 0 Å². The summed E-state index contributed by atoms with van der Waals surface area (Å²) in [7, 11) is -0.151. The Morgan fingerprint density at radius 1 is 1.00 bits per heavy atom. The Bertz CT molecular complexity index is 538. The smallest absolute Gasteiger partial charge is 0.248 e. The first kappa shape index (κ1) is 20.7. The summed E-state index contributed by atoms with van der Waals surface area (Å²) in [5.74, 6) is 0. The van der Waals surface area contributed by atoms with Crippen molar-refractivity contribution in [3.8, 4) is 0 Å². The van der Waals surface area contributed by atoms with E-state index in [0.717, 1.165) is 11.0 Å². The quantitative estimate of drug-likeness (QED) is 0.595. The van der Waals surface area contributed by atoms with Crippen LogP contribution >= 0.6 is 0 Å². The molecule has 1 aliphatic heterocycles. The molecule has 1 unspecified atom stereocenters. The highest BCUT2D eigenvalue weighted by atomic mass is 35.5. The molecule has 0 amide bonds. The molecule has 0 spiro atoms. The molecule has 2 aliphatic rings. The summed E-state index contributed by atoms with van der Waals surface area (Å²) in [6, 6.07) is 10.5. The van der Waals surface area contributed by atoms with Crippen LogP contribution in [0, 0.1) is 0 Å². The molecule has 2 fully saturated rings. The molecule has 1 N–H and O–H groups in total. The number of likely N-dealkylation sites (N-methyl/N-ethyl adjacent to an activating group) is 1. The van der Waals surface area contributed by atoms with Crippen LogP contribution in [-0.2, 0) is 0 Å². The third-order valence-corrected chi connectivity index (χ3v) is 10.1. The SMILES string of the molecule is C[N+]1(C/C=C/[Si](O)(c2ccccc2)C2CCCCC2)CCCCC1.[Cl-]. The van der Waals surface area contributed by atoms with Crippen molar-refractivity contribution in [3.05, 3.63) is 42.1 Å². The number of nitrogens with zero attached hydrogens (tertiary/aromatic N) is 1. The second kappa shape index (κ2) is 9.36. The van der Waals surface area contributed by atoms with E-state index < -0.39 is 8.32 Å². The molecular weight excluding hydrogens is 346 g/mol. The first-order chi connectivity index (χ1) is 11.6. The fourth-order valence-corrected chi connectivity index (χ4v) is 8.08. The van der Waals surface area contributed by atoms with Crippen LogP contribution in [-0.4, -0.2) is 44.3 Å². The van der Waals surface area contributed by atoms with Gasteiger partial charge in [0.25, 0.3) is 0 Å². The minimum atomic E-state index is -2.53. The predicted molar refractivity (Wildman–Crippen MR) is 105 cm³/mol. The highest BCUT2D eigenvalue weighted by Crippen LogP contribution is 2.36. The topological polar surface area (TPSA) is 20.2 Å². The van der Waals surface area contributed by atoms with Crippen LogP contribution in [0.3, 0.4) is 0 Å². The molecule has 4 heteroatoms. The van der Waals surface area contributed by atoms with E-state index in [-0.39, 0.29) is 12.4 Å². The number of likely N-dealkylation sites (tertiary alicyclic amines) is 1. The molecule has 1 aromatic carbocycles. The number of rotatable bonds is 5. The number of piperidine rings is 1. The van der Waals surface area contributed by atoms with Crippen molar-refractivity contribution < 1.29 is 21.7 Å². The fraction of sp³-hybridized carbons (Fsp3) is 0.619. The predicted octanol–water partition coefficient (Wildman–Crippen LogP) is 0.896. The molecule has 25 heavy (non-hydrogen) atoms. The third-order valence-electron chi connectivity index (χ3n) is 6.28. The van der Waals surface area contributed by atoms with E-state index in [2.05, 4.69) is 49.2 Å². The van der Waals surface area contributed by atoms with Gasteiger partial charge < -0.3 is 21.7 Å². The second-order valence-electron chi connectivity index (χ2n) is 8.24. The number of hydrogen-bond acceptors (Lipinski definition) is 1. The van der Waals surface area contributed by atoms with Crippen LogP contribution < -0.4 is 17.6 Å². The van der Waals surface area contributed by atoms with E-state index in [1.54, 1.807) is 0 Å². The monoisotopic (exact) mass is 379 g/mol. The average molecular weight is 380 g/mol. The lowest BCUT2D eigenvalue weighted by molar-refractivity contribution is -0.908. The molecule has 0 radical (unpaired) electrons. The van der Waals surface area contributed by atoms with Gasteiger partial charge in [-0.05, 0) is 36.1 Å². The van der Waals surface area contributed by atoms with Gasteiger partial charge in [0.15, 0.2) is 0 Å². The maximum atomic E-state index is 11.8. The molecule has 1 heterocycles. The maximum absolute atomic E-state index is 11.8. The first-order valence-electron chi connectivity index (χ1n) is 9.92. The van der Waals surface area contributed by atoms with E-state index in [4.69, 9.17) is 0 Å². The summed E-state index contributed by atoms with van der Waals surface area (Å²) in [6.45, 7) is 3.66. The zero-order valence-corrected chi connectivity index (χ0v) is 17.4. The molecule has 2 nitrogen and oxygen atoms in total. The van der Waals surface area contributed by atoms with E-state index >= 15 is 0 Å². The molecule has 140 valence electrons. The summed E-state index contributed by atoms with van der Waals surface area (Å²) in [5, 5.41) is 1.20. The lowest BCUT2D eigenvalue weighted by Gasteiger charge is -2.38. The summed E-state index contributed by atoms with van der Waals surface area (Å²) in [6.07, 6.45) is 12.8. The van der Waals surface area contributed by atoms with E-state index in [1.807, 2.05) is 0 Å². The van der Waals surface area contributed by atoms with E-state index in [0.29, 0.717) is 5.54 Å². The molecule has 3 rings (SSSR count). The van der Waals surface area contributed by atoms with Crippen LogP contribution in [0.4, 0.5) is 0 Å². The van der Waals surface area contributed by atoms with Gasteiger partial charge >= 0.3 is 0 Å². The van der Waals surface area contributed by atoms with Crippen molar-refractivity contribution in [2.45, 2.75) is 56.9 Å². The lowest BCUT2D eigenvalue weighted by Crippen LogP contribution is -3.00. The van der Waals surface area contributed by atoms with Crippen molar-refractivity contribution in [1.29, 1.82) is 0 Å². The molecule has 1 aromatic rings. The minimum Gasteiger partial charge on any atom is -1.00 e. The number of halogens is 1. The fourth-order valence-electron chi connectivity index (χ4n) is 4.66. The Labute approximate surface area is 161 Å². The first-order valence-corrected chi connectivity index (χ1v) is 12.0. The van der Waals surface area contributed by atoms with Crippen molar-refractivity contribution >= 4 is 13.5 Å². The normalized spacial score (nSPS) is 23.8. The number of hydrogen-bond donors (Lipinski definition) is 1. The van der Waals surface area contributed by atoms with Crippen LogP contribution in [0.15, 0.2) is 42.1 Å². The van der Waals surface area contributed by atoms with Gasteiger partial charge in [0.1, 0.15) is 0 Å². The lowest BCUT2D eigenvalue weighted by atomic mass is 10.0. The highest BCUT2D eigenvalue weighted by molar-refractivity contribution is 6.90. The summed E-state index contributed by atoms with van der Waals surface area (Å²) in [5.41, 5.74) is 2.77. The zero-order chi connectivity index (χ0) is 16.9. The van der Waals surface area contributed by atoms with Crippen LogP contribution in [0.25, 0.3) is 0 Å². The maximum Gasteiger partial charge on any atom is 0.248 e. The van der Waals surface area contributed by atoms with Crippen molar-refractivity contribution in [2.24, 2.45) is 0 Å². The minimum absolute atomic E-state index is 0. The molecule has 0 bridgehead atoms. The van der Waals surface area contributed by atoms with Crippen LogP contribution in [0.5, 0.6) is 0 Å². The van der Waals surface area contributed by atoms with Gasteiger partial charge in [0.2, 0.25) is 8.32 Å². The number of benzene rings is 1. The van der Waals surface area contributed by atoms with Crippen molar-refractivity contribution in [3.63, 3.8) is 0 Å². The highest BCUT2D eigenvalue weighted by Gasteiger charge is 2.40. The Morgan fingerprint density at radius 2 is 1.60 bits per heavy atom. The molecule has 1 saturated heterocycles. The Kier molecular flexibility index (Phi) is 7.75. The van der Waals surface area contributed by atoms with Crippen molar-refractivity contribution in [2.75, 3.05) is 26.7 Å². The Morgan fingerprint density at radius 3 is 2.24 bits per heavy atom. The largest absolute Gasteiger partial charge is 1.00 e. The Balaban J connectivity index is 0.00000225. The van der Waals surface area contributed by atoms with Gasteiger partial charge in [-0.3, -0.25) is 0 Å². The van der Waals surface area contributed by atoms with Gasteiger partial charge in [0, 0.05) is 0 Å². The second-order valence-corrected chi connectivity index (χ2v) is 11.6. The average Bonchev–Trinajstić information content (AvgIpc) is 2.63. The summed E-state index contributed by atoms with van der Waals surface area (Å²) >= 11 is 0. The van der Waals surface area contributed by atoms with Gasteiger partial charge in [0.05, 0.1) is 26.7 Å². The summed E-state index contributed by atoms with van der Waals surface area (Å²) < 4.78 is 1.15. The molecular formula is C21H34ClNOSi. The Hall–Kier alpha value is -0.613. The molecule has 1 aliphatic carbocycles.